The average molecular weight is 182 g/mol. The Labute approximate surface area is 75.2 Å². The van der Waals surface area contributed by atoms with Gasteiger partial charge in [0, 0.05) is 12.3 Å². The number of amides is 1. The van der Waals surface area contributed by atoms with Crippen molar-refractivity contribution in [3.05, 3.63) is 24.0 Å². The summed E-state index contributed by atoms with van der Waals surface area (Å²) < 4.78 is 5.05. The molecule has 1 aromatic heterocycles. The number of carbonyl (C=O) groups is 1. The van der Waals surface area contributed by atoms with Gasteiger partial charge in [-0.15, -0.1) is 0 Å². The number of nitrogens with two attached hydrogens (primary N) is 1. The smallest absolute Gasteiger partial charge is 0.267 e. The van der Waals surface area contributed by atoms with Gasteiger partial charge in [0.15, 0.2) is 0 Å². The third-order valence-electron chi connectivity index (χ3n) is 1.34. The number of carbonyl (C=O) groups excluding carboxylic acids is 1. The van der Waals surface area contributed by atoms with Crippen molar-refractivity contribution in [1.29, 1.82) is 0 Å². The molecule has 0 saturated carbocycles. The molecule has 0 bridgehead atoms. The van der Waals surface area contributed by atoms with E-state index in [1.165, 1.54) is 12.3 Å². The fraction of sp³-hybridized carbons (Fsp3) is 0.250. The fourth-order valence-corrected chi connectivity index (χ4v) is 0.799. The molecule has 0 saturated heterocycles. The number of aliphatic hydroxyl groups is 1. The molecule has 1 aromatic rings. The first-order valence-electron chi connectivity index (χ1n) is 3.73. The predicted octanol–water partition coefficient (Wildman–Crippen LogP) is -0.448. The van der Waals surface area contributed by atoms with Crippen LogP contribution in [0.1, 0.15) is 10.5 Å². The summed E-state index contributed by atoms with van der Waals surface area (Å²) in [6.45, 7) is 0.108. The van der Waals surface area contributed by atoms with Crippen molar-refractivity contribution in [3.8, 4) is 5.75 Å². The molecule has 1 amide bonds. The molecule has 0 aliphatic carbocycles. The van der Waals surface area contributed by atoms with Gasteiger partial charge in [0.2, 0.25) is 0 Å². The third-order valence-corrected chi connectivity index (χ3v) is 1.34. The minimum atomic E-state index is -0.602. The van der Waals surface area contributed by atoms with E-state index >= 15 is 0 Å². The first-order chi connectivity index (χ1) is 6.24. The van der Waals surface area contributed by atoms with Crippen molar-refractivity contribution in [2.45, 2.75) is 0 Å². The van der Waals surface area contributed by atoms with E-state index in [1.54, 1.807) is 6.07 Å². The summed E-state index contributed by atoms with van der Waals surface area (Å²) in [5.41, 5.74) is 5.15. The van der Waals surface area contributed by atoms with Crippen LogP contribution in [0.15, 0.2) is 18.3 Å². The van der Waals surface area contributed by atoms with Gasteiger partial charge in [-0.3, -0.25) is 9.78 Å². The van der Waals surface area contributed by atoms with Crippen molar-refractivity contribution in [1.82, 2.24) is 4.98 Å². The number of rotatable bonds is 4. The second-order valence-corrected chi connectivity index (χ2v) is 2.31. The van der Waals surface area contributed by atoms with Crippen molar-refractivity contribution < 1.29 is 14.6 Å². The van der Waals surface area contributed by atoms with E-state index in [0.29, 0.717) is 5.75 Å². The Kier molecular flexibility index (Phi) is 3.22. The first-order valence-corrected chi connectivity index (χ1v) is 3.73. The Balaban J connectivity index is 2.73. The molecule has 1 rings (SSSR count). The van der Waals surface area contributed by atoms with Gasteiger partial charge in [-0.25, -0.2) is 0 Å². The van der Waals surface area contributed by atoms with Crippen molar-refractivity contribution >= 4 is 5.91 Å². The summed E-state index contributed by atoms with van der Waals surface area (Å²) in [5, 5.41) is 8.47. The molecule has 13 heavy (non-hydrogen) atoms. The lowest BCUT2D eigenvalue weighted by Crippen LogP contribution is -2.13. The number of hydrogen-bond donors (Lipinski definition) is 2. The number of pyridine rings is 1. The highest BCUT2D eigenvalue weighted by Crippen LogP contribution is 2.09. The number of nitrogens with zero attached hydrogens (tertiary/aromatic N) is 1. The summed E-state index contributed by atoms with van der Waals surface area (Å²) >= 11 is 0. The van der Waals surface area contributed by atoms with Gasteiger partial charge in [0.05, 0.1) is 6.61 Å². The van der Waals surface area contributed by atoms with E-state index in [-0.39, 0.29) is 18.9 Å². The van der Waals surface area contributed by atoms with Gasteiger partial charge < -0.3 is 15.6 Å². The highest BCUT2D eigenvalue weighted by atomic mass is 16.5. The molecule has 1 heterocycles. The van der Waals surface area contributed by atoms with E-state index in [9.17, 15) is 4.79 Å². The van der Waals surface area contributed by atoms with Gasteiger partial charge in [0.1, 0.15) is 18.1 Å². The van der Waals surface area contributed by atoms with Crippen LogP contribution in [0.2, 0.25) is 0 Å². The largest absolute Gasteiger partial charge is 0.491 e. The van der Waals surface area contributed by atoms with Crippen LogP contribution in [0.4, 0.5) is 0 Å². The molecule has 70 valence electrons. The molecule has 0 aromatic carbocycles. The Morgan fingerprint density at radius 2 is 2.46 bits per heavy atom. The zero-order valence-electron chi connectivity index (χ0n) is 6.93. The Morgan fingerprint density at radius 3 is 3.08 bits per heavy atom. The minimum Gasteiger partial charge on any atom is -0.491 e. The SMILES string of the molecule is NC(=O)c1cc(OCCO)ccn1. The third kappa shape index (κ3) is 2.72. The molecule has 0 atom stereocenters. The highest BCUT2D eigenvalue weighted by Gasteiger charge is 2.02. The number of primary amides is 1. The average Bonchev–Trinajstić information content (AvgIpc) is 2.15. The van der Waals surface area contributed by atoms with Crippen LogP contribution >= 0.6 is 0 Å². The molecule has 5 heteroatoms. The molecule has 0 spiro atoms. The lowest BCUT2D eigenvalue weighted by molar-refractivity contribution is 0.0995. The quantitative estimate of drug-likeness (QED) is 0.660. The van der Waals surface area contributed by atoms with Crippen LogP contribution < -0.4 is 10.5 Å². The van der Waals surface area contributed by atoms with Crippen LogP contribution in [-0.2, 0) is 0 Å². The van der Waals surface area contributed by atoms with E-state index in [0.717, 1.165) is 0 Å². The zero-order valence-corrected chi connectivity index (χ0v) is 6.93. The van der Waals surface area contributed by atoms with Crippen molar-refractivity contribution in [2.24, 2.45) is 5.73 Å². The topological polar surface area (TPSA) is 85.4 Å². The molecule has 3 N–H and O–H groups in total. The van der Waals surface area contributed by atoms with Crippen molar-refractivity contribution in [2.75, 3.05) is 13.2 Å². The highest BCUT2D eigenvalue weighted by molar-refractivity contribution is 5.91. The van der Waals surface area contributed by atoms with Crippen LogP contribution in [0, 0.1) is 0 Å². The van der Waals surface area contributed by atoms with Gasteiger partial charge in [0.25, 0.3) is 5.91 Å². The molecule has 0 radical (unpaired) electrons. The summed E-state index contributed by atoms with van der Waals surface area (Å²) in [5.74, 6) is -0.132. The van der Waals surface area contributed by atoms with E-state index in [4.69, 9.17) is 15.6 Å². The molecular formula is C8H10N2O3. The monoisotopic (exact) mass is 182 g/mol. The number of ether oxygens (including phenoxy) is 1. The van der Waals surface area contributed by atoms with E-state index in [1.807, 2.05) is 0 Å². The van der Waals surface area contributed by atoms with E-state index in [2.05, 4.69) is 4.98 Å². The molecule has 5 nitrogen and oxygen atoms in total. The van der Waals surface area contributed by atoms with Crippen LogP contribution in [-0.4, -0.2) is 29.2 Å². The molecule has 0 aliphatic rings. The summed E-state index contributed by atoms with van der Waals surface area (Å²) in [4.78, 5) is 14.4. The van der Waals surface area contributed by atoms with Crippen LogP contribution in [0.5, 0.6) is 5.75 Å². The van der Waals surface area contributed by atoms with Crippen LogP contribution in [0.3, 0.4) is 0 Å². The normalized spacial score (nSPS) is 9.62. The standard InChI is InChI=1S/C8H10N2O3/c9-8(12)7-5-6(1-2-10-7)13-4-3-11/h1-2,5,11H,3-4H2,(H2,9,12). The second-order valence-electron chi connectivity index (χ2n) is 2.31. The van der Waals surface area contributed by atoms with Gasteiger partial charge >= 0.3 is 0 Å². The summed E-state index contributed by atoms with van der Waals surface area (Å²) in [7, 11) is 0. The molecular weight excluding hydrogens is 172 g/mol. The van der Waals surface area contributed by atoms with E-state index < -0.39 is 5.91 Å². The first kappa shape index (κ1) is 9.47. The summed E-state index contributed by atoms with van der Waals surface area (Å²) in [6, 6.07) is 3.01. The maximum absolute atomic E-state index is 10.7. The molecule has 0 aliphatic heterocycles. The Morgan fingerprint density at radius 1 is 1.69 bits per heavy atom. The number of aliphatic hydroxyl groups excluding tert-OH is 1. The van der Waals surface area contributed by atoms with Crippen molar-refractivity contribution in [3.63, 3.8) is 0 Å². The second kappa shape index (κ2) is 4.42. The lowest BCUT2D eigenvalue weighted by atomic mass is 10.3. The number of aromatic nitrogens is 1. The fourth-order valence-electron chi connectivity index (χ4n) is 0.799. The predicted molar refractivity (Wildman–Crippen MR) is 45.3 cm³/mol. The summed E-state index contributed by atoms with van der Waals surface area (Å²) in [6.07, 6.45) is 1.42. The maximum atomic E-state index is 10.7. The zero-order chi connectivity index (χ0) is 9.68. The van der Waals surface area contributed by atoms with Crippen LogP contribution in [0.25, 0.3) is 0 Å². The maximum Gasteiger partial charge on any atom is 0.267 e. The van der Waals surface area contributed by atoms with Gasteiger partial charge in [-0.1, -0.05) is 0 Å². The molecule has 0 unspecified atom stereocenters. The Hall–Kier alpha value is -1.62. The number of hydrogen-bond acceptors (Lipinski definition) is 4. The van der Waals surface area contributed by atoms with Gasteiger partial charge in [-0.05, 0) is 6.07 Å². The lowest BCUT2D eigenvalue weighted by Gasteiger charge is -2.03. The minimum absolute atomic E-state index is 0.0752. The Bertz CT molecular complexity index is 301. The van der Waals surface area contributed by atoms with Gasteiger partial charge in [-0.2, -0.15) is 0 Å². The molecule has 0 fully saturated rings.